The maximum Gasteiger partial charge on any atom is 0.166 e. The molecule has 9 heteroatoms. The van der Waals surface area contributed by atoms with Crippen molar-refractivity contribution in [1.29, 1.82) is 0 Å². The molecule has 0 spiro atoms. The summed E-state index contributed by atoms with van der Waals surface area (Å²) >= 11 is 3.25. The van der Waals surface area contributed by atoms with E-state index in [2.05, 4.69) is 43.5 Å². The lowest BCUT2D eigenvalue weighted by Crippen LogP contribution is -2.02. The van der Waals surface area contributed by atoms with Crippen molar-refractivity contribution in [3.05, 3.63) is 59.8 Å². The van der Waals surface area contributed by atoms with Gasteiger partial charge in [-0.1, -0.05) is 30.0 Å². The highest BCUT2D eigenvalue weighted by molar-refractivity contribution is 7.98. The van der Waals surface area contributed by atoms with Crippen molar-refractivity contribution in [3.8, 4) is 5.69 Å². The second kappa shape index (κ2) is 6.92. The predicted molar refractivity (Wildman–Crippen MR) is 111 cm³/mol. The van der Waals surface area contributed by atoms with Gasteiger partial charge < -0.3 is 0 Å². The molecule has 0 fully saturated rings. The Morgan fingerprint density at radius 2 is 1.96 bits per heavy atom. The molecule has 4 aromatic heterocycles. The first-order valence-electron chi connectivity index (χ1n) is 8.67. The molecule has 0 atom stereocenters. The SMILES string of the molecule is Cc1cc(C)c2c(n1)sc1c(SCc3nnnn3-c3ccccc3)ncnc12. The largest absolute Gasteiger partial charge is 0.242 e. The van der Waals surface area contributed by atoms with E-state index in [0.717, 1.165) is 42.7 Å². The van der Waals surface area contributed by atoms with Crippen LogP contribution in [0.2, 0.25) is 0 Å². The van der Waals surface area contributed by atoms with Gasteiger partial charge in [0.15, 0.2) is 5.82 Å². The van der Waals surface area contributed by atoms with Gasteiger partial charge in [0.05, 0.1) is 21.7 Å². The number of hydrogen-bond acceptors (Lipinski definition) is 8. The number of para-hydroxylation sites is 1. The minimum Gasteiger partial charge on any atom is -0.242 e. The maximum absolute atomic E-state index is 4.68. The van der Waals surface area contributed by atoms with Crippen LogP contribution in [0.1, 0.15) is 17.1 Å². The lowest BCUT2D eigenvalue weighted by molar-refractivity contribution is 0.777. The van der Waals surface area contributed by atoms with Gasteiger partial charge in [0.25, 0.3) is 0 Å². The second-order valence-electron chi connectivity index (χ2n) is 6.35. The highest BCUT2D eigenvalue weighted by atomic mass is 32.2. The Bertz CT molecular complexity index is 1290. The highest BCUT2D eigenvalue weighted by Gasteiger charge is 2.16. The number of tetrazole rings is 1. The zero-order chi connectivity index (χ0) is 19.1. The predicted octanol–water partition coefficient (Wildman–Crippen LogP) is 4.12. The molecule has 0 aliphatic heterocycles. The van der Waals surface area contributed by atoms with E-state index >= 15 is 0 Å². The molecule has 138 valence electrons. The van der Waals surface area contributed by atoms with E-state index in [0.29, 0.717) is 5.75 Å². The van der Waals surface area contributed by atoms with Crippen molar-refractivity contribution < 1.29 is 0 Å². The zero-order valence-corrected chi connectivity index (χ0v) is 16.8. The fourth-order valence-corrected chi connectivity index (χ4v) is 5.42. The van der Waals surface area contributed by atoms with Crippen LogP contribution in [0.25, 0.3) is 26.1 Å². The Morgan fingerprint density at radius 3 is 2.82 bits per heavy atom. The molecule has 28 heavy (non-hydrogen) atoms. The number of nitrogens with zero attached hydrogens (tertiary/aromatic N) is 7. The Kier molecular flexibility index (Phi) is 4.25. The van der Waals surface area contributed by atoms with Crippen molar-refractivity contribution in [3.63, 3.8) is 0 Å². The second-order valence-corrected chi connectivity index (χ2v) is 8.31. The summed E-state index contributed by atoms with van der Waals surface area (Å²) in [5.41, 5.74) is 4.11. The standard InChI is InChI=1S/C19H15N7S2/c1-11-8-12(2)22-18-15(11)16-17(28-18)19(21-10-20-16)27-9-14-23-24-25-26(14)13-6-4-3-5-7-13/h3-8,10H,9H2,1-2H3. The van der Waals surface area contributed by atoms with Crippen LogP contribution >= 0.6 is 23.1 Å². The fourth-order valence-electron chi connectivity index (χ4n) is 3.19. The third-order valence-corrected chi connectivity index (χ3v) is 6.59. The number of pyridine rings is 1. The molecule has 0 amide bonds. The monoisotopic (exact) mass is 405 g/mol. The van der Waals surface area contributed by atoms with Crippen molar-refractivity contribution >= 4 is 43.5 Å². The molecule has 0 bridgehead atoms. The van der Waals surface area contributed by atoms with Crippen LogP contribution in [0.4, 0.5) is 0 Å². The number of aryl methyl sites for hydroxylation is 2. The van der Waals surface area contributed by atoms with Gasteiger partial charge in [-0.05, 0) is 48.0 Å². The molecule has 5 rings (SSSR count). The summed E-state index contributed by atoms with van der Waals surface area (Å²) in [6.07, 6.45) is 1.62. The third kappa shape index (κ3) is 2.92. The molecule has 5 aromatic rings. The third-order valence-electron chi connectivity index (χ3n) is 4.39. The molecule has 0 saturated heterocycles. The summed E-state index contributed by atoms with van der Waals surface area (Å²) in [6, 6.07) is 12.0. The number of aromatic nitrogens is 7. The summed E-state index contributed by atoms with van der Waals surface area (Å²) in [7, 11) is 0. The molecule has 0 radical (unpaired) electrons. The van der Waals surface area contributed by atoms with Crippen LogP contribution in [0, 0.1) is 13.8 Å². The summed E-state index contributed by atoms with van der Waals surface area (Å²) in [5, 5.41) is 14.2. The fraction of sp³-hybridized carbons (Fsp3) is 0.158. The van der Waals surface area contributed by atoms with Gasteiger partial charge in [-0.3, -0.25) is 0 Å². The van der Waals surface area contributed by atoms with E-state index in [4.69, 9.17) is 0 Å². The summed E-state index contributed by atoms with van der Waals surface area (Å²) < 4.78 is 2.81. The minimum atomic E-state index is 0.605. The Labute approximate surface area is 168 Å². The molecule has 0 N–H and O–H groups in total. The van der Waals surface area contributed by atoms with E-state index in [1.54, 1.807) is 34.1 Å². The highest BCUT2D eigenvalue weighted by Crippen LogP contribution is 2.38. The first-order chi connectivity index (χ1) is 13.7. The van der Waals surface area contributed by atoms with Crippen LogP contribution < -0.4 is 0 Å². The van der Waals surface area contributed by atoms with Gasteiger partial charge >= 0.3 is 0 Å². The maximum atomic E-state index is 4.68. The van der Waals surface area contributed by atoms with E-state index in [1.807, 2.05) is 37.3 Å². The lowest BCUT2D eigenvalue weighted by atomic mass is 10.1. The van der Waals surface area contributed by atoms with Crippen molar-refractivity contribution in [2.24, 2.45) is 0 Å². The van der Waals surface area contributed by atoms with Crippen LogP contribution in [0.15, 0.2) is 47.8 Å². The van der Waals surface area contributed by atoms with Gasteiger partial charge in [-0.15, -0.1) is 16.4 Å². The molecule has 0 aliphatic carbocycles. The van der Waals surface area contributed by atoms with Gasteiger partial charge in [0.1, 0.15) is 16.2 Å². The summed E-state index contributed by atoms with van der Waals surface area (Å²) in [6.45, 7) is 4.12. The smallest absolute Gasteiger partial charge is 0.166 e. The number of fused-ring (bicyclic) bond motifs is 3. The topological polar surface area (TPSA) is 82.3 Å². The summed E-state index contributed by atoms with van der Waals surface area (Å²) in [5.74, 6) is 1.38. The van der Waals surface area contributed by atoms with Crippen LogP contribution in [0.5, 0.6) is 0 Å². The van der Waals surface area contributed by atoms with Crippen molar-refractivity contribution in [1.82, 2.24) is 35.2 Å². The van der Waals surface area contributed by atoms with Gasteiger partial charge in [-0.25, -0.2) is 15.0 Å². The number of benzene rings is 1. The van der Waals surface area contributed by atoms with Crippen LogP contribution in [-0.2, 0) is 5.75 Å². The number of thiophene rings is 1. The van der Waals surface area contributed by atoms with Gasteiger partial charge in [-0.2, -0.15) is 4.68 Å². The quantitative estimate of drug-likeness (QED) is 0.328. The van der Waals surface area contributed by atoms with E-state index < -0.39 is 0 Å². The van der Waals surface area contributed by atoms with E-state index in [9.17, 15) is 0 Å². The first-order valence-corrected chi connectivity index (χ1v) is 10.5. The molecule has 0 aliphatic rings. The molecular formula is C19H15N7S2. The molecule has 0 unspecified atom stereocenters. The average Bonchev–Trinajstić information content (AvgIpc) is 3.31. The molecular weight excluding hydrogens is 390 g/mol. The van der Waals surface area contributed by atoms with E-state index in [1.165, 1.54) is 5.56 Å². The molecule has 0 saturated carbocycles. The van der Waals surface area contributed by atoms with Gasteiger partial charge in [0, 0.05) is 11.1 Å². The number of rotatable bonds is 4. The number of hydrogen-bond donors (Lipinski definition) is 0. The summed E-state index contributed by atoms with van der Waals surface area (Å²) in [4.78, 5) is 14.7. The average molecular weight is 406 g/mol. The van der Waals surface area contributed by atoms with Crippen molar-refractivity contribution in [2.75, 3.05) is 0 Å². The van der Waals surface area contributed by atoms with Crippen molar-refractivity contribution in [2.45, 2.75) is 24.6 Å². The Balaban J connectivity index is 1.52. The van der Waals surface area contributed by atoms with Crippen LogP contribution in [0.3, 0.4) is 0 Å². The normalized spacial score (nSPS) is 11.5. The molecule has 1 aromatic carbocycles. The van der Waals surface area contributed by atoms with E-state index in [-0.39, 0.29) is 0 Å². The number of thioether (sulfide) groups is 1. The lowest BCUT2D eigenvalue weighted by Gasteiger charge is -2.04. The first kappa shape index (κ1) is 17.2. The van der Waals surface area contributed by atoms with Gasteiger partial charge in [0.2, 0.25) is 0 Å². The van der Waals surface area contributed by atoms with Crippen LogP contribution in [-0.4, -0.2) is 35.2 Å². The molecule has 7 nitrogen and oxygen atoms in total. The minimum absolute atomic E-state index is 0.605. The Hall–Kier alpha value is -2.91. The zero-order valence-electron chi connectivity index (χ0n) is 15.2. The Morgan fingerprint density at radius 1 is 1.11 bits per heavy atom. The molecule has 4 heterocycles.